The second-order valence-electron chi connectivity index (χ2n) is 7.23. The molecule has 0 aromatic heterocycles. The first kappa shape index (κ1) is 16.2. The van der Waals surface area contributed by atoms with E-state index in [1.54, 1.807) is 7.11 Å². The molecule has 0 bridgehead atoms. The normalized spacial score (nSPS) is 17.1. The molecular formula is C18H29NO2. The number of ether oxygens (including phenoxy) is 2. The SMILES string of the molecule is COc1ccc(OCCC2(CNC(C)(C)C)CCC2)cc1. The Kier molecular flexibility index (Phi) is 5.15. The van der Waals surface area contributed by atoms with Crippen LogP contribution in [0.15, 0.2) is 24.3 Å². The van der Waals surface area contributed by atoms with Crippen LogP contribution in [0, 0.1) is 5.41 Å². The Balaban J connectivity index is 1.77. The molecule has 0 amide bonds. The van der Waals surface area contributed by atoms with Crippen LogP contribution in [0.5, 0.6) is 11.5 Å². The molecule has 0 aliphatic heterocycles. The molecule has 3 nitrogen and oxygen atoms in total. The lowest BCUT2D eigenvalue weighted by atomic mass is 9.66. The third-order valence-electron chi connectivity index (χ3n) is 4.37. The summed E-state index contributed by atoms with van der Waals surface area (Å²) in [5.74, 6) is 1.79. The van der Waals surface area contributed by atoms with Crippen molar-refractivity contribution >= 4 is 0 Å². The molecule has 21 heavy (non-hydrogen) atoms. The molecule has 1 aliphatic rings. The van der Waals surface area contributed by atoms with Gasteiger partial charge in [0.2, 0.25) is 0 Å². The average molecular weight is 291 g/mol. The Labute approximate surface area is 129 Å². The standard InChI is InChI=1S/C18H29NO2/c1-17(2,3)19-14-18(10-5-11-18)12-13-21-16-8-6-15(20-4)7-9-16/h6-9,19H,5,10-14H2,1-4H3. The Hall–Kier alpha value is -1.22. The van der Waals surface area contributed by atoms with Gasteiger partial charge in [-0.15, -0.1) is 0 Å². The van der Waals surface area contributed by atoms with Crippen LogP contribution >= 0.6 is 0 Å². The van der Waals surface area contributed by atoms with Crippen LogP contribution < -0.4 is 14.8 Å². The van der Waals surface area contributed by atoms with Gasteiger partial charge in [0.1, 0.15) is 11.5 Å². The Morgan fingerprint density at radius 1 is 1.10 bits per heavy atom. The number of methoxy groups -OCH3 is 1. The summed E-state index contributed by atoms with van der Waals surface area (Å²) >= 11 is 0. The number of hydrogen-bond donors (Lipinski definition) is 1. The molecular weight excluding hydrogens is 262 g/mol. The zero-order chi connectivity index (χ0) is 15.3. The van der Waals surface area contributed by atoms with E-state index in [9.17, 15) is 0 Å². The number of rotatable bonds is 7. The van der Waals surface area contributed by atoms with Gasteiger partial charge in [0.25, 0.3) is 0 Å². The van der Waals surface area contributed by atoms with Crippen molar-refractivity contribution < 1.29 is 9.47 Å². The maximum Gasteiger partial charge on any atom is 0.119 e. The molecule has 118 valence electrons. The fourth-order valence-corrected chi connectivity index (χ4v) is 2.70. The topological polar surface area (TPSA) is 30.5 Å². The smallest absolute Gasteiger partial charge is 0.119 e. The molecule has 1 saturated carbocycles. The molecule has 1 aromatic rings. The van der Waals surface area contributed by atoms with E-state index in [0.717, 1.165) is 31.1 Å². The zero-order valence-electron chi connectivity index (χ0n) is 13.9. The van der Waals surface area contributed by atoms with Gasteiger partial charge in [-0.25, -0.2) is 0 Å². The zero-order valence-corrected chi connectivity index (χ0v) is 13.9. The van der Waals surface area contributed by atoms with Crippen molar-refractivity contribution in [1.82, 2.24) is 5.32 Å². The number of benzene rings is 1. The van der Waals surface area contributed by atoms with Crippen molar-refractivity contribution in [2.24, 2.45) is 5.41 Å². The van der Waals surface area contributed by atoms with E-state index in [-0.39, 0.29) is 5.54 Å². The first-order valence-electron chi connectivity index (χ1n) is 7.94. The molecule has 0 heterocycles. The summed E-state index contributed by atoms with van der Waals surface area (Å²) in [6.07, 6.45) is 5.13. The minimum atomic E-state index is 0.194. The summed E-state index contributed by atoms with van der Waals surface area (Å²) in [5, 5.41) is 3.66. The highest BCUT2D eigenvalue weighted by Gasteiger charge is 2.37. The first-order chi connectivity index (χ1) is 9.92. The van der Waals surface area contributed by atoms with E-state index in [4.69, 9.17) is 9.47 Å². The van der Waals surface area contributed by atoms with E-state index >= 15 is 0 Å². The first-order valence-corrected chi connectivity index (χ1v) is 7.94. The van der Waals surface area contributed by atoms with Gasteiger partial charge in [-0.05, 0) is 69.7 Å². The summed E-state index contributed by atoms with van der Waals surface area (Å²) in [5.41, 5.74) is 0.638. The maximum atomic E-state index is 5.89. The van der Waals surface area contributed by atoms with E-state index < -0.39 is 0 Å². The molecule has 0 radical (unpaired) electrons. The minimum Gasteiger partial charge on any atom is -0.497 e. The van der Waals surface area contributed by atoms with E-state index in [1.807, 2.05) is 24.3 Å². The predicted octanol–water partition coefficient (Wildman–Crippen LogP) is 4.02. The van der Waals surface area contributed by atoms with Crippen LogP contribution in [-0.4, -0.2) is 25.8 Å². The van der Waals surface area contributed by atoms with Crippen LogP contribution in [0.25, 0.3) is 0 Å². The lowest BCUT2D eigenvalue weighted by molar-refractivity contribution is 0.0837. The lowest BCUT2D eigenvalue weighted by Gasteiger charge is -2.44. The summed E-state index contributed by atoms with van der Waals surface area (Å²) in [6, 6.07) is 7.82. The third-order valence-corrected chi connectivity index (χ3v) is 4.37. The van der Waals surface area contributed by atoms with Gasteiger partial charge in [0.15, 0.2) is 0 Å². The van der Waals surface area contributed by atoms with Crippen molar-refractivity contribution in [3.8, 4) is 11.5 Å². The van der Waals surface area contributed by atoms with E-state index in [1.165, 1.54) is 19.3 Å². The fraction of sp³-hybridized carbons (Fsp3) is 0.667. The molecule has 2 rings (SSSR count). The highest BCUT2D eigenvalue weighted by molar-refractivity contribution is 5.31. The third kappa shape index (κ3) is 4.92. The molecule has 0 saturated heterocycles. The molecule has 1 N–H and O–H groups in total. The Morgan fingerprint density at radius 3 is 2.19 bits per heavy atom. The Morgan fingerprint density at radius 2 is 1.71 bits per heavy atom. The largest absolute Gasteiger partial charge is 0.497 e. The van der Waals surface area contributed by atoms with Crippen molar-refractivity contribution in [1.29, 1.82) is 0 Å². The Bertz CT molecular complexity index is 430. The quantitative estimate of drug-likeness (QED) is 0.823. The van der Waals surface area contributed by atoms with E-state index in [0.29, 0.717) is 5.41 Å². The second kappa shape index (κ2) is 6.69. The van der Waals surface area contributed by atoms with Crippen LogP contribution in [-0.2, 0) is 0 Å². The van der Waals surface area contributed by atoms with E-state index in [2.05, 4.69) is 26.1 Å². The van der Waals surface area contributed by atoms with Gasteiger partial charge in [0, 0.05) is 12.1 Å². The van der Waals surface area contributed by atoms with Crippen molar-refractivity contribution in [3.05, 3.63) is 24.3 Å². The van der Waals surface area contributed by atoms with Gasteiger partial charge in [-0.1, -0.05) is 6.42 Å². The number of hydrogen-bond acceptors (Lipinski definition) is 3. The summed E-state index contributed by atoms with van der Waals surface area (Å²) in [4.78, 5) is 0. The second-order valence-corrected chi connectivity index (χ2v) is 7.23. The van der Waals surface area contributed by atoms with Crippen molar-refractivity contribution in [2.45, 2.75) is 52.0 Å². The van der Waals surface area contributed by atoms with Gasteiger partial charge in [0.05, 0.1) is 13.7 Å². The monoisotopic (exact) mass is 291 g/mol. The van der Waals surface area contributed by atoms with Crippen LogP contribution in [0.3, 0.4) is 0 Å². The highest BCUT2D eigenvalue weighted by Crippen LogP contribution is 2.43. The fourth-order valence-electron chi connectivity index (χ4n) is 2.70. The van der Waals surface area contributed by atoms with Crippen molar-refractivity contribution in [2.75, 3.05) is 20.3 Å². The maximum absolute atomic E-state index is 5.89. The van der Waals surface area contributed by atoms with Gasteiger partial charge >= 0.3 is 0 Å². The van der Waals surface area contributed by atoms with Gasteiger partial charge < -0.3 is 14.8 Å². The van der Waals surface area contributed by atoms with Gasteiger partial charge in [-0.2, -0.15) is 0 Å². The molecule has 0 atom stereocenters. The highest BCUT2D eigenvalue weighted by atomic mass is 16.5. The summed E-state index contributed by atoms with van der Waals surface area (Å²) < 4.78 is 11.0. The molecule has 1 aromatic carbocycles. The van der Waals surface area contributed by atoms with Gasteiger partial charge in [-0.3, -0.25) is 0 Å². The molecule has 1 fully saturated rings. The summed E-state index contributed by atoms with van der Waals surface area (Å²) in [6.45, 7) is 8.58. The van der Waals surface area contributed by atoms with Crippen LogP contribution in [0.2, 0.25) is 0 Å². The minimum absolute atomic E-state index is 0.194. The number of nitrogens with one attached hydrogen (secondary N) is 1. The molecule has 3 heteroatoms. The lowest BCUT2D eigenvalue weighted by Crippen LogP contribution is -2.47. The van der Waals surface area contributed by atoms with Crippen molar-refractivity contribution in [3.63, 3.8) is 0 Å². The molecule has 0 unspecified atom stereocenters. The molecule has 0 spiro atoms. The van der Waals surface area contributed by atoms with Crippen LogP contribution in [0.1, 0.15) is 46.5 Å². The van der Waals surface area contributed by atoms with Crippen LogP contribution in [0.4, 0.5) is 0 Å². The predicted molar refractivity (Wildman–Crippen MR) is 87.1 cm³/mol. The molecule has 1 aliphatic carbocycles. The summed E-state index contributed by atoms with van der Waals surface area (Å²) in [7, 11) is 1.68. The average Bonchev–Trinajstić information content (AvgIpc) is 2.40.